The molecule has 0 atom stereocenters. The summed E-state index contributed by atoms with van der Waals surface area (Å²) in [5, 5.41) is 9.74. The maximum Gasteiger partial charge on any atom is 0.242 e. The van der Waals surface area contributed by atoms with Crippen LogP contribution in [0.15, 0.2) is 29.2 Å². The van der Waals surface area contributed by atoms with Gasteiger partial charge in [-0.25, -0.2) is 8.42 Å². The fraction of sp³-hybridized carbons (Fsp3) is 0.600. The molecule has 0 heterocycles. The summed E-state index contributed by atoms with van der Waals surface area (Å²) in [7, 11) is -2.06. The summed E-state index contributed by atoms with van der Waals surface area (Å²) in [6.07, 6.45) is 0.930. The van der Waals surface area contributed by atoms with Gasteiger partial charge < -0.3 is 5.11 Å². The molecule has 0 bridgehead atoms. The number of nitrogens with zero attached hydrogens (tertiary/aromatic N) is 1. The van der Waals surface area contributed by atoms with Crippen molar-refractivity contribution < 1.29 is 13.5 Å². The molecule has 0 unspecified atom stereocenters. The van der Waals surface area contributed by atoms with Crippen LogP contribution in [-0.4, -0.2) is 37.0 Å². The van der Waals surface area contributed by atoms with Gasteiger partial charge in [0.1, 0.15) is 0 Å². The van der Waals surface area contributed by atoms with Gasteiger partial charge in [-0.15, -0.1) is 0 Å². The molecule has 1 aromatic rings. The van der Waals surface area contributed by atoms with Gasteiger partial charge in [-0.1, -0.05) is 26.0 Å². The molecule has 5 heteroatoms. The average Bonchev–Trinajstić information content (AvgIpc) is 2.26. The normalized spacial score (nSPS) is 13.2. The molecular formula is C15H25NO3S. The number of rotatable bonds is 6. The maximum atomic E-state index is 12.4. The predicted molar refractivity (Wildman–Crippen MR) is 81.1 cm³/mol. The average molecular weight is 299 g/mol. The molecule has 0 radical (unpaired) electrons. The Kier molecular flexibility index (Phi) is 5.35. The molecule has 0 spiro atoms. The standard InChI is InChI=1S/C15H25NO3S/c1-12(2)10-13-6-8-14(9-7-13)20(18,19)16(5)11-15(3,4)17/h6-9,12,17H,10-11H2,1-5H3. The molecule has 0 aromatic heterocycles. The minimum absolute atomic E-state index is 0.0586. The van der Waals surface area contributed by atoms with Crippen molar-refractivity contribution in [3.8, 4) is 0 Å². The minimum Gasteiger partial charge on any atom is -0.389 e. The lowest BCUT2D eigenvalue weighted by Crippen LogP contribution is -2.39. The van der Waals surface area contributed by atoms with Gasteiger partial charge in [0, 0.05) is 13.6 Å². The zero-order valence-electron chi connectivity index (χ0n) is 12.9. The van der Waals surface area contributed by atoms with Crippen LogP contribution in [0.1, 0.15) is 33.3 Å². The highest BCUT2D eigenvalue weighted by molar-refractivity contribution is 7.89. The molecule has 1 N–H and O–H groups in total. The largest absolute Gasteiger partial charge is 0.389 e. The summed E-state index contributed by atoms with van der Waals surface area (Å²) in [5.74, 6) is 0.537. The summed E-state index contributed by atoms with van der Waals surface area (Å²) in [6, 6.07) is 6.97. The van der Waals surface area contributed by atoms with E-state index < -0.39 is 15.6 Å². The third kappa shape index (κ3) is 4.89. The Hall–Kier alpha value is -0.910. The first-order chi connectivity index (χ1) is 9.02. The molecule has 20 heavy (non-hydrogen) atoms. The molecule has 1 aromatic carbocycles. The second-order valence-electron chi connectivity index (χ2n) is 6.32. The van der Waals surface area contributed by atoms with Crippen molar-refractivity contribution in [2.24, 2.45) is 5.92 Å². The van der Waals surface area contributed by atoms with E-state index in [9.17, 15) is 13.5 Å². The zero-order chi connectivity index (χ0) is 15.6. The van der Waals surface area contributed by atoms with Crippen molar-refractivity contribution in [1.29, 1.82) is 0 Å². The van der Waals surface area contributed by atoms with Crippen LogP contribution in [0.25, 0.3) is 0 Å². The lowest BCUT2D eigenvalue weighted by molar-refractivity contribution is 0.0640. The highest BCUT2D eigenvalue weighted by Gasteiger charge is 2.26. The molecule has 1 rings (SSSR count). The van der Waals surface area contributed by atoms with Gasteiger partial charge >= 0.3 is 0 Å². The Balaban J connectivity index is 2.93. The number of benzene rings is 1. The fourth-order valence-corrected chi connectivity index (χ4v) is 3.40. The fourth-order valence-electron chi connectivity index (χ4n) is 2.08. The predicted octanol–water partition coefficient (Wildman–Crippen LogP) is 2.28. The van der Waals surface area contributed by atoms with E-state index in [0.29, 0.717) is 5.92 Å². The number of likely N-dealkylation sites (N-methyl/N-ethyl adjacent to an activating group) is 1. The van der Waals surface area contributed by atoms with E-state index in [-0.39, 0.29) is 11.4 Å². The van der Waals surface area contributed by atoms with Gasteiger partial charge in [0.2, 0.25) is 10.0 Å². The van der Waals surface area contributed by atoms with E-state index in [0.717, 1.165) is 12.0 Å². The van der Waals surface area contributed by atoms with E-state index in [1.165, 1.54) is 11.4 Å². The van der Waals surface area contributed by atoms with E-state index in [1.54, 1.807) is 26.0 Å². The van der Waals surface area contributed by atoms with Crippen LogP contribution in [-0.2, 0) is 16.4 Å². The summed E-state index contributed by atoms with van der Waals surface area (Å²) >= 11 is 0. The van der Waals surface area contributed by atoms with Crippen LogP contribution in [0.3, 0.4) is 0 Å². The first kappa shape index (κ1) is 17.1. The van der Waals surface area contributed by atoms with Gasteiger partial charge in [0.05, 0.1) is 10.5 Å². The monoisotopic (exact) mass is 299 g/mol. The lowest BCUT2D eigenvalue weighted by Gasteiger charge is -2.25. The van der Waals surface area contributed by atoms with Gasteiger partial charge in [0.15, 0.2) is 0 Å². The zero-order valence-corrected chi connectivity index (χ0v) is 13.7. The Bertz CT molecular complexity index is 527. The van der Waals surface area contributed by atoms with Crippen molar-refractivity contribution in [3.05, 3.63) is 29.8 Å². The second-order valence-corrected chi connectivity index (χ2v) is 8.36. The van der Waals surface area contributed by atoms with Crippen LogP contribution in [0.5, 0.6) is 0 Å². The Morgan fingerprint density at radius 3 is 2.10 bits per heavy atom. The SMILES string of the molecule is CC(C)Cc1ccc(S(=O)(=O)N(C)CC(C)(C)O)cc1. The Morgan fingerprint density at radius 1 is 1.20 bits per heavy atom. The summed E-state index contributed by atoms with van der Waals surface area (Å²) in [6.45, 7) is 7.49. The summed E-state index contributed by atoms with van der Waals surface area (Å²) < 4.78 is 25.9. The smallest absolute Gasteiger partial charge is 0.242 e. The quantitative estimate of drug-likeness (QED) is 0.876. The van der Waals surface area contributed by atoms with Gasteiger partial charge in [-0.2, -0.15) is 4.31 Å². The van der Waals surface area contributed by atoms with E-state index in [4.69, 9.17) is 0 Å². The molecular weight excluding hydrogens is 274 g/mol. The third-order valence-electron chi connectivity index (χ3n) is 2.89. The van der Waals surface area contributed by atoms with Crippen molar-refractivity contribution in [3.63, 3.8) is 0 Å². The first-order valence-corrected chi connectivity index (χ1v) is 8.24. The number of sulfonamides is 1. The molecule has 0 aliphatic rings. The van der Waals surface area contributed by atoms with Crippen LogP contribution in [0, 0.1) is 5.92 Å². The first-order valence-electron chi connectivity index (χ1n) is 6.80. The highest BCUT2D eigenvalue weighted by atomic mass is 32.2. The van der Waals surface area contributed by atoms with Crippen LogP contribution >= 0.6 is 0 Å². The molecule has 0 saturated carbocycles. The number of hydrogen-bond acceptors (Lipinski definition) is 3. The van der Waals surface area contributed by atoms with Crippen LogP contribution in [0.4, 0.5) is 0 Å². The molecule has 114 valence electrons. The molecule has 0 amide bonds. The van der Waals surface area contributed by atoms with E-state index in [2.05, 4.69) is 13.8 Å². The second kappa shape index (κ2) is 6.24. The van der Waals surface area contributed by atoms with Gasteiger partial charge in [0.25, 0.3) is 0 Å². The highest BCUT2D eigenvalue weighted by Crippen LogP contribution is 2.18. The Labute approximate surface area is 122 Å². The van der Waals surface area contributed by atoms with Crippen molar-refractivity contribution in [2.75, 3.05) is 13.6 Å². The van der Waals surface area contributed by atoms with E-state index in [1.807, 2.05) is 12.1 Å². The van der Waals surface area contributed by atoms with Gasteiger partial charge in [-0.05, 0) is 43.9 Å². The van der Waals surface area contributed by atoms with Crippen molar-refractivity contribution in [2.45, 2.75) is 44.6 Å². The minimum atomic E-state index is -3.54. The number of aliphatic hydroxyl groups is 1. The summed E-state index contributed by atoms with van der Waals surface area (Å²) in [5.41, 5.74) is 0.0726. The van der Waals surface area contributed by atoms with Crippen molar-refractivity contribution >= 4 is 10.0 Å². The van der Waals surface area contributed by atoms with Crippen LogP contribution in [0.2, 0.25) is 0 Å². The molecule has 0 fully saturated rings. The molecule has 0 aliphatic carbocycles. The maximum absolute atomic E-state index is 12.4. The topological polar surface area (TPSA) is 57.6 Å². The van der Waals surface area contributed by atoms with Crippen LogP contribution < -0.4 is 0 Å². The molecule has 0 saturated heterocycles. The molecule has 4 nitrogen and oxygen atoms in total. The third-order valence-corrected chi connectivity index (χ3v) is 4.70. The summed E-state index contributed by atoms with van der Waals surface area (Å²) in [4.78, 5) is 0.261. The van der Waals surface area contributed by atoms with E-state index >= 15 is 0 Å². The van der Waals surface area contributed by atoms with Crippen molar-refractivity contribution in [1.82, 2.24) is 4.31 Å². The van der Waals surface area contributed by atoms with Gasteiger partial charge in [-0.3, -0.25) is 0 Å². The lowest BCUT2D eigenvalue weighted by atomic mass is 10.0. The Morgan fingerprint density at radius 2 is 1.70 bits per heavy atom. The molecule has 0 aliphatic heterocycles. The number of hydrogen-bond donors (Lipinski definition) is 1.